The van der Waals surface area contributed by atoms with Crippen molar-refractivity contribution < 1.29 is 18.0 Å². The van der Waals surface area contributed by atoms with Gasteiger partial charge in [-0.1, -0.05) is 12.1 Å². The Kier molecular flexibility index (Phi) is 3.66. The zero-order chi connectivity index (χ0) is 18.3. The number of aromatic nitrogens is 1. The van der Waals surface area contributed by atoms with Crippen molar-refractivity contribution in [3.63, 3.8) is 0 Å². The van der Waals surface area contributed by atoms with E-state index in [0.29, 0.717) is 5.69 Å². The van der Waals surface area contributed by atoms with Crippen molar-refractivity contribution in [2.75, 3.05) is 5.32 Å². The molecule has 0 radical (unpaired) electrons. The predicted molar refractivity (Wildman–Crippen MR) is 94.0 cm³/mol. The summed E-state index contributed by atoms with van der Waals surface area (Å²) in [4.78, 5) is 28.7. The minimum absolute atomic E-state index is 0.0395. The molecule has 0 fully saturated rings. The fraction of sp³-hybridized carbons (Fsp3) is 0. The SMILES string of the molecule is O=C(Nc1cccnc1)c1ccc2c(c1)S(=O)(=O)c1ccccc1C2=O. The van der Waals surface area contributed by atoms with Crippen molar-refractivity contribution in [3.8, 4) is 0 Å². The first-order valence-electron chi connectivity index (χ1n) is 7.73. The van der Waals surface area contributed by atoms with Crippen molar-refractivity contribution in [1.29, 1.82) is 0 Å². The van der Waals surface area contributed by atoms with Crippen LogP contribution in [-0.2, 0) is 9.84 Å². The summed E-state index contributed by atoms with van der Waals surface area (Å²) < 4.78 is 25.8. The van der Waals surface area contributed by atoms with Crippen molar-refractivity contribution >= 4 is 27.2 Å². The number of anilines is 1. The van der Waals surface area contributed by atoms with Crippen LogP contribution in [0.4, 0.5) is 5.69 Å². The average molecular weight is 364 g/mol. The third-order valence-electron chi connectivity index (χ3n) is 4.12. The van der Waals surface area contributed by atoms with E-state index < -0.39 is 15.7 Å². The van der Waals surface area contributed by atoms with E-state index in [1.54, 1.807) is 30.5 Å². The van der Waals surface area contributed by atoms with E-state index in [1.165, 1.54) is 36.5 Å². The topological polar surface area (TPSA) is 93.2 Å². The number of rotatable bonds is 2. The van der Waals surface area contributed by atoms with Crippen LogP contribution >= 0.6 is 0 Å². The maximum absolute atomic E-state index is 12.9. The number of pyridine rings is 1. The highest BCUT2D eigenvalue weighted by molar-refractivity contribution is 7.91. The third-order valence-corrected chi connectivity index (χ3v) is 5.97. The molecule has 4 rings (SSSR count). The Balaban J connectivity index is 1.79. The first-order valence-corrected chi connectivity index (χ1v) is 9.21. The molecule has 6 nitrogen and oxygen atoms in total. The highest BCUT2D eigenvalue weighted by atomic mass is 32.2. The molecule has 1 N–H and O–H groups in total. The van der Waals surface area contributed by atoms with Crippen molar-refractivity contribution in [2.45, 2.75) is 9.79 Å². The second-order valence-electron chi connectivity index (χ2n) is 5.74. The highest BCUT2D eigenvalue weighted by Crippen LogP contribution is 2.34. The quantitative estimate of drug-likeness (QED) is 0.590. The Bertz CT molecular complexity index is 1160. The number of benzene rings is 2. The molecular formula is C19H12N2O4S. The lowest BCUT2D eigenvalue weighted by atomic mass is 10.0. The number of hydrogen-bond donors (Lipinski definition) is 1. The molecule has 7 heteroatoms. The van der Waals surface area contributed by atoms with Crippen LogP contribution in [0.15, 0.2) is 76.8 Å². The highest BCUT2D eigenvalue weighted by Gasteiger charge is 2.34. The van der Waals surface area contributed by atoms with Gasteiger partial charge in [-0.15, -0.1) is 0 Å². The Hall–Kier alpha value is -3.32. The standard InChI is InChI=1S/C19H12N2O4S/c22-18-14-5-1-2-6-16(14)26(24,25)17-10-12(7-8-15(17)18)19(23)21-13-4-3-9-20-11-13/h1-11H,(H,21,23). The summed E-state index contributed by atoms with van der Waals surface area (Å²) in [5.74, 6) is -0.855. The number of nitrogens with one attached hydrogen (secondary N) is 1. The number of carbonyl (C=O) groups is 2. The van der Waals surface area contributed by atoms with Crippen LogP contribution in [0.2, 0.25) is 0 Å². The Morgan fingerprint density at radius 2 is 1.69 bits per heavy atom. The Labute approximate surface area is 149 Å². The minimum atomic E-state index is -3.88. The number of amides is 1. The van der Waals surface area contributed by atoms with Crippen LogP contribution in [0.25, 0.3) is 0 Å². The molecule has 1 aliphatic heterocycles. The maximum atomic E-state index is 12.9. The number of fused-ring (bicyclic) bond motifs is 2. The van der Waals surface area contributed by atoms with Gasteiger partial charge in [0.05, 0.1) is 21.7 Å². The minimum Gasteiger partial charge on any atom is -0.321 e. The summed E-state index contributed by atoms with van der Waals surface area (Å²) in [5.41, 5.74) is 0.844. The van der Waals surface area contributed by atoms with Gasteiger partial charge in [0, 0.05) is 22.9 Å². The molecule has 1 amide bonds. The lowest BCUT2D eigenvalue weighted by Crippen LogP contribution is -2.21. The maximum Gasteiger partial charge on any atom is 0.255 e. The summed E-state index contributed by atoms with van der Waals surface area (Å²) in [6.07, 6.45) is 3.05. The molecule has 0 atom stereocenters. The molecule has 0 aliphatic carbocycles. The van der Waals surface area contributed by atoms with Crippen molar-refractivity contribution in [3.05, 3.63) is 83.7 Å². The number of hydrogen-bond acceptors (Lipinski definition) is 5. The van der Waals surface area contributed by atoms with Gasteiger partial charge in [-0.2, -0.15) is 0 Å². The fourth-order valence-electron chi connectivity index (χ4n) is 2.87. The molecular weight excluding hydrogens is 352 g/mol. The normalized spacial score (nSPS) is 14.2. The molecule has 0 unspecified atom stereocenters. The lowest BCUT2D eigenvalue weighted by Gasteiger charge is -2.19. The van der Waals surface area contributed by atoms with Crippen LogP contribution in [0, 0.1) is 0 Å². The number of sulfone groups is 1. The molecule has 1 aliphatic rings. The van der Waals surface area contributed by atoms with Gasteiger partial charge in [0.25, 0.3) is 5.91 Å². The van der Waals surface area contributed by atoms with Gasteiger partial charge in [-0.05, 0) is 42.5 Å². The van der Waals surface area contributed by atoms with Gasteiger partial charge >= 0.3 is 0 Å². The first-order chi connectivity index (χ1) is 12.5. The van der Waals surface area contributed by atoms with Crippen LogP contribution in [0.5, 0.6) is 0 Å². The largest absolute Gasteiger partial charge is 0.321 e. The summed E-state index contributed by atoms with van der Waals surface area (Å²) >= 11 is 0. The predicted octanol–water partition coefficient (Wildman–Crippen LogP) is 2.71. The average Bonchev–Trinajstić information content (AvgIpc) is 2.67. The van der Waals surface area contributed by atoms with E-state index in [0.717, 1.165) is 0 Å². The zero-order valence-electron chi connectivity index (χ0n) is 13.3. The van der Waals surface area contributed by atoms with Gasteiger partial charge in [0.15, 0.2) is 5.78 Å². The first kappa shape index (κ1) is 16.2. The molecule has 3 aromatic rings. The molecule has 2 heterocycles. The van der Waals surface area contributed by atoms with Gasteiger partial charge in [-0.3, -0.25) is 14.6 Å². The zero-order valence-corrected chi connectivity index (χ0v) is 14.2. The van der Waals surface area contributed by atoms with E-state index >= 15 is 0 Å². The molecule has 0 saturated heterocycles. The number of ketones is 1. The van der Waals surface area contributed by atoms with Crippen LogP contribution in [0.1, 0.15) is 26.3 Å². The summed E-state index contributed by atoms with van der Waals surface area (Å²) in [7, 11) is -3.88. The second-order valence-corrected chi connectivity index (χ2v) is 7.62. The summed E-state index contributed by atoms with van der Waals surface area (Å²) in [6, 6.07) is 13.5. The van der Waals surface area contributed by atoms with Crippen molar-refractivity contribution in [2.24, 2.45) is 0 Å². The monoisotopic (exact) mass is 364 g/mol. The van der Waals surface area contributed by atoms with Gasteiger partial charge in [0.1, 0.15) is 0 Å². The van der Waals surface area contributed by atoms with Gasteiger partial charge in [-0.25, -0.2) is 8.42 Å². The smallest absolute Gasteiger partial charge is 0.255 e. The van der Waals surface area contributed by atoms with E-state index in [9.17, 15) is 18.0 Å². The summed E-state index contributed by atoms with van der Waals surface area (Å²) in [5, 5.41) is 2.64. The second kappa shape index (κ2) is 5.89. The Morgan fingerprint density at radius 1 is 0.923 bits per heavy atom. The number of carbonyl (C=O) groups excluding carboxylic acids is 2. The molecule has 1 aromatic heterocycles. The molecule has 26 heavy (non-hydrogen) atoms. The molecule has 128 valence electrons. The van der Waals surface area contributed by atoms with Gasteiger partial charge in [0.2, 0.25) is 9.84 Å². The van der Waals surface area contributed by atoms with Crippen LogP contribution < -0.4 is 5.32 Å². The van der Waals surface area contributed by atoms with Gasteiger partial charge < -0.3 is 5.32 Å². The van der Waals surface area contributed by atoms with E-state index in [4.69, 9.17) is 0 Å². The van der Waals surface area contributed by atoms with Crippen molar-refractivity contribution in [1.82, 2.24) is 4.98 Å². The molecule has 2 aromatic carbocycles. The van der Waals surface area contributed by atoms with Crippen LogP contribution in [0.3, 0.4) is 0 Å². The third kappa shape index (κ3) is 2.49. The summed E-state index contributed by atoms with van der Waals surface area (Å²) in [6.45, 7) is 0. The fourth-order valence-corrected chi connectivity index (χ4v) is 4.54. The lowest BCUT2D eigenvalue weighted by molar-refractivity contribution is 0.101. The van der Waals surface area contributed by atoms with E-state index in [1.807, 2.05) is 0 Å². The Morgan fingerprint density at radius 3 is 2.46 bits per heavy atom. The number of nitrogens with zero attached hydrogens (tertiary/aromatic N) is 1. The molecule has 0 saturated carbocycles. The molecule has 0 bridgehead atoms. The van der Waals surface area contributed by atoms with E-state index in [-0.39, 0.29) is 32.3 Å². The van der Waals surface area contributed by atoms with E-state index in [2.05, 4.69) is 10.3 Å². The van der Waals surface area contributed by atoms with Crippen LogP contribution in [-0.4, -0.2) is 25.1 Å². The molecule has 0 spiro atoms.